The molecule has 0 atom stereocenters. The number of aliphatic imine (C=N–C) groups is 1. The minimum atomic E-state index is -0.0676. The van der Waals surface area contributed by atoms with Crippen molar-refractivity contribution in [1.29, 1.82) is 0 Å². The number of nitrogens with zero attached hydrogens (tertiary/aromatic N) is 1. The number of amides is 1. The lowest BCUT2D eigenvalue weighted by Crippen LogP contribution is -2.38. The van der Waals surface area contributed by atoms with E-state index >= 15 is 0 Å². The number of hydrogen-bond donors (Lipinski definition) is 3. The van der Waals surface area contributed by atoms with Crippen LogP contribution in [0, 0.1) is 0 Å². The maximum atomic E-state index is 11.8. The number of guanidine groups is 1. The van der Waals surface area contributed by atoms with E-state index in [0.29, 0.717) is 18.7 Å². The summed E-state index contributed by atoms with van der Waals surface area (Å²) in [6.07, 6.45) is 1.63. The van der Waals surface area contributed by atoms with Crippen molar-refractivity contribution < 1.29 is 9.53 Å². The third-order valence-electron chi connectivity index (χ3n) is 4.39. The summed E-state index contributed by atoms with van der Waals surface area (Å²) in [6.45, 7) is 6.91. The molecule has 0 aliphatic rings. The molecule has 0 saturated heterocycles. The molecule has 3 N–H and O–H groups in total. The van der Waals surface area contributed by atoms with Gasteiger partial charge in [0.25, 0.3) is 5.91 Å². The maximum absolute atomic E-state index is 11.8. The van der Waals surface area contributed by atoms with Crippen LogP contribution in [0.15, 0.2) is 53.5 Å². The van der Waals surface area contributed by atoms with E-state index < -0.39 is 0 Å². The van der Waals surface area contributed by atoms with E-state index in [4.69, 9.17) is 4.74 Å². The molecule has 0 fully saturated rings. The number of benzene rings is 2. The fourth-order valence-electron chi connectivity index (χ4n) is 2.97. The number of hydrogen-bond acceptors (Lipinski definition) is 3. The molecule has 0 unspecified atom stereocenters. The van der Waals surface area contributed by atoms with Gasteiger partial charge in [-0.05, 0) is 56.0 Å². The first kappa shape index (κ1) is 25.7. The SMILES string of the molecule is CCNC(=NCCc1ccccc1OCC)NCCc1cccc(C(=O)NC)c1.I. The van der Waals surface area contributed by atoms with Gasteiger partial charge in [-0.25, -0.2) is 0 Å². The van der Waals surface area contributed by atoms with Crippen molar-refractivity contribution in [2.45, 2.75) is 26.7 Å². The molecule has 0 radical (unpaired) electrons. The molecule has 1 amide bonds. The molecular weight excluding hydrogens is 491 g/mol. The van der Waals surface area contributed by atoms with E-state index in [0.717, 1.165) is 43.2 Å². The third-order valence-corrected chi connectivity index (χ3v) is 4.39. The summed E-state index contributed by atoms with van der Waals surface area (Å²) < 4.78 is 5.68. The molecule has 30 heavy (non-hydrogen) atoms. The van der Waals surface area contributed by atoms with Gasteiger partial charge >= 0.3 is 0 Å². The standard InChI is InChI=1S/C23H32N4O2.HI/c1-4-25-23(27-16-14-19-10-6-7-12-21(19)29-5-2)26-15-13-18-9-8-11-20(17-18)22(28)24-3;/h6-12,17H,4-5,13-16H2,1-3H3,(H,24,28)(H2,25,26,27);1H. The summed E-state index contributed by atoms with van der Waals surface area (Å²) in [5.41, 5.74) is 2.96. The Bertz CT molecular complexity index is 811. The van der Waals surface area contributed by atoms with Crippen LogP contribution in [0.5, 0.6) is 5.75 Å². The van der Waals surface area contributed by atoms with Crippen molar-refractivity contribution in [2.75, 3.05) is 33.3 Å². The molecule has 0 bridgehead atoms. The highest BCUT2D eigenvalue weighted by Crippen LogP contribution is 2.18. The Morgan fingerprint density at radius 2 is 1.83 bits per heavy atom. The first-order valence-corrected chi connectivity index (χ1v) is 10.2. The van der Waals surface area contributed by atoms with Crippen LogP contribution < -0.4 is 20.7 Å². The van der Waals surface area contributed by atoms with Crippen molar-refractivity contribution in [3.63, 3.8) is 0 Å². The van der Waals surface area contributed by atoms with Crippen LogP contribution in [-0.4, -0.2) is 45.2 Å². The fourth-order valence-corrected chi connectivity index (χ4v) is 2.97. The first-order valence-electron chi connectivity index (χ1n) is 10.2. The Hall–Kier alpha value is -2.29. The van der Waals surface area contributed by atoms with Gasteiger partial charge in [-0.1, -0.05) is 30.3 Å². The van der Waals surface area contributed by atoms with Gasteiger partial charge < -0.3 is 20.7 Å². The monoisotopic (exact) mass is 524 g/mol. The zero-order chi connectivity index (χ0) is 20.9. The molecule has 0 heterocycles. The molecule has 6 nitrogen and oxygen atoms in total. The minimum Gasteiger partial charge on any atom is -0.494 e. The largest absolute Gasteiger partial charge is 0.494 e. The number of rotatable bonds is 10. The summed E-state index contributed by atoms with van der Waals surface area (Å²) in [5, 5.41) is 9.30. The van der Waals surface area contributed by atoms with Crippen molar-refractivity contribution >= 4 is 35.8 Å². The highest BCUT2D eigenvalue weighted by molar-refractivity contribution is 14.0. The van der Waals surface area contributed by atoms with Crippen molar-refractivity contribution in [3.05, 3.63) is 65.2 Å². The Morgan fingerprint density at radius 3 is 2.57 bits per heavy atom. The molecule has 7 heteroatoms. The van der Waals surface area contributed by atoms with Crippen LogP contribution in [-0.2, 0) is 12.8 Å². The van der Waals surface area contributed by atoms with E-state index in [1.54, 1.807) is 7.05 Å². The topological polar surface area (TPSA) is 74.8 Å². The van der Waals surface area contributed by atoms with Gasteiger partial charge in [0.05, 0.1) is 6.61 Å². The second-order valence-corrected chi connectivity index (χ2v) is 6.51. The van der Waals surface area contributed by atoms with E-state index in [-0.39, 0.29) is 29.9 Å². The quantitative estimate of drug-likeness (QED) is 0.253. The molecule has 0 spiro atoms. The smallest absolute Gasteiger partial charge is 0.251 e. The summed E-state index contributed by atoms with van der Waals surface area (Å²) in [6, 6.07) is 15.8. The second kappa shape index (κ2) is 14.7. The molecule has 2 aromatic rings. The number of ether oxygens (including phenoxy) is 1. The number of para-hydroxylation sites is 1. The molecular formula is C23H33IN4O2. The zero-order valence-corrected chi connectivity index (χ0v) is 20.4. The van der Waals surface area contributed by atoms with Gasteiger partial charge in [0.1, 0.15) is 5.75 Å². The van der Waals surface area contributed by atoms with Crippen LogP contribution in [0.1, 0.15) is 35.3 Å². The molecule has 0 aliphatic carbocycles. The molecule has 0 aliphatic heterocycles. The maximum Gasteiger partial charge on any atom is 0.251 e. The van der Waals surface area contributed by atoms with Gasteiger partial charge in [-0.2, -0.15) is 0 Å². The fraction of sp³-hybridized carbons (Fsp3) is 0.391. The molecule has 0 saturated carbocycles. The van der Waals surface area contributed by atoms with Crippen LogP contribution in [0.25, 0.3) is 0 Å². The summed E-state index contributed by atoms with van der Waals surface area (Å²) >= 11 is 0. The van der Waals surface area contributed by atoms with Crippen LogP contribution in [0.2, 0.25) is 0 Å². The Labute approximate surface area is 196 Å². The summed E-state index contributed by atoms with van der Waals surface area (Å²) in [5.74, 6) is 1.66. The molecule has 0 aromatic heterocycles. The highest BCUT2D eigenvalue weighted by Gasteiger charge is 2.05. The number of nitrogens with one attached hydrogen (secondary N) is 3. The number of halogens is 1. The normalized spacial score (nSPS) is 10.7. The second-order valence-electron chi connectivity index (χ2n) is 6.51. The lowest BCUT2D eigenvalue weighted by Gasteiger charge is -2.12. The van der Waals surface area contributed by atoms with Crippen LogP contribution in [0.3, 0.4) is 0 Å². The predicted molar refractivity (Wildman–Crippen MR) is 134 cm³/mol. The minimum absolute atomic E-state index is 0. The van der Waals surface area contributed by atoms with E-state index in [1.165, 1.54) is 5.56 Å². The van der Waals surface area contributed by atoms with Gasteiger partial charge in [-0.3, -0.25) is 9.79 Å². The van der Waals surface area contributed by atoms with Gasteiger partial charge in [-0.15, -0.1) is 24.0 Å². The average molecular weight is 524 g/mol. The Balaban J connectivity index is 0.00000450. The van der Waals surface area contributed by atoms with Gasteiger partial charge in [0.15, 0.2) is 5.96 Å². The third kappa shape index (κ3) is 8.61. The van der Waals surface area contributed by atoms with E-state index in [9.17, 15) is 4.79 Å². The lowest BCUT2D eigenvalue weighted by atomic mass is 10.1. The van der Waals surface area contributed by atoms with Gasteiger partial charge in [0.2, 0.25) is 0 Å². The number of carbonyl (C=O) groups excluding carboxylic acids is 1. The van der Waals surface area contributed by atoms with E-state index in [2.05, 4.69) is 33.9 Å². The zero-order valence-electron chi connectivity index (χ0n) is 18.0. The summed E-state index contributed by atoms with van der Waals surface area (Å²) in [7, 11) is 1.64. The summed E-state index contributed by atoms with van der Waals surface area (Å²) in [4.78, 5) is 16.4. The van der Waals surface area contributed by atoms with Crippen LogP contribution in [0.4, 0.5) is 0 Å². The molecule has 2 aromatic carbocycles. The number of carbonyl (C=O) groups is 1. The molecule has 164 valence electrons. The van der Waals surface area contributed by atoms with Gasteiger partial charge in [0, 0.05) is 32.2 Å². The predicted octanol–water partition coefficient (Wildman–Crippen LogP) is 3.40. The Morgan fingerprint density at radius 1 is 1.03 bits per heavy atom. The first-order chi connectivity index (χ1) is 14.2. The van der Waals surface area contributed by atoms with Crippen molar-refractivity contribution in [3.8, 4) is 5.75 Å². The molecule has 2 rings (SSSR count). The van der Waals surface area contributed by atoms with E-state index in [1.807, 2.05) is 49.4 Å². The Kier molecular flexibility index (Phi) is 12.6. The van der Waals surface area contributed by atoms with Crippen LogP contribution >= 0.6 is 24.0 Å². The van der Waals surface area contributed by atoms with Crippen molar-refractivity contribution in [1.82, 2.24) is 16.0 Å². The average Bonchev–Trinajstić information content (AvgIpc) is 2.75. The highest BCUT2D eigenvalue weighted by atomic mass is 127. The van der Waals surface area contributed by atoms with Crippen molar-refractivity contribution in [2.24, 2.45) is 4.99 Å². The lowest BCUT2D eigenvalue weighted by molar-refractivity contribution is 0.0963.